The van der Waals surface area contributed by atoms with Crippen LogP contribution in [-0.2, 0) is 11.2 Å². The van der Waals surface area contributed by atoms with Crippen molar-refractivity contribution >= 4 is 17.6 Å². The molecule has 0 spiro atoms. The number of carbonyl (C=O) groups is 2. The number of carbonyl (C=O) groups excluding carboxylic acids is 2. The first kappa shape index (κ1) is 14.8. The molecule has 4 nitrogen and oxygen atoms in total. The van der Waals surface area contributed by atoms with Gasteiger partial charge in [-0.05, 0) is 36.2 Å². The molecule has 0 aliphatic rings. The van der Waals surface area contributed by atoms with E-state index in [0.29, 0.717) is 16.8 Å². The van der Waals surface area contributed by atoms with Crippen LogP contribution in [0.4, 0.5) is 5.69 Å². The number of amides is 1. The third kappa shape index (κ3) is 3.48. The second kappa shape index (κ2) is 6.70. The summed E-state index contributed by atoms with van der Waals surface area (Å²) in [7, 11) is 1.32. The van der Waals surface area contributed by atoms with Crippen molar-refractivity contribution in [3.8, 4) is 0 Å². The average molecular weight is 283 g/mol. The number of rotatable bonds is 4. The maximum absolute atomic E-state index is 12.2. The lowest BCUT2D eigenvalue weighted by molar-refractivity contribution is 0.0602. The lowest BCUT2D eigenvalue weighted by atomic mass is 10.1. The number of anilines is 1. The number of esters is 1. The largest absolute Gasteiger partial charge is 0.465 e. The normalized spacial score (nSPS) is 10.0. The number of aryl methyl sites for hydroxylation is 1. The zero-order valence-corrected chi connectivity index (χ0v) is 12.1. The molecule has 0 radical (unpaired) electrons. The molecule has 0 heterocycles. The highest BCUT2D eigenvalue weighted by Crippen LogP contribution is 2.20. The summed E-state index contributed by atoms with van der Waals surface area (Å²) in [4.78, 5) is 24.0. The van der Waals surface area contributed by atoms with Gasteiger partial charge in [0, 0.05) is 5.56 Å². The van der Waals surface area contributed by atoms with Gasteiger partial charge in [-0.1, -0.05) is 31.2 Å². The van der Waals surface area contributed by atoms with E-state index in [0.717, 1.165) is 12.0 Å². The van der Waals surface area contributed by atoms with Gasteiger partial charge in [-0.3, -0.25) is 4.79 Å². The Kier molecular flexibility index (Phi) is 4.72. The van der Waals surface area contributed by atoms with Gasteiger partial charge in [0.25, 0.3) is 5.91 Å². The van der Waals surface area contributed by atoms with Crippen molar-refractivity contribution in [1.82, 2.24) is 0 Å². The van der Waals surface area contributed by atoms with E-state index < -0.39 is 5.97 Å². The van der Waals surface area contributed by atoms with Crippen LogP contribution in [0.1, 0.15) is 33.2 Å². The first-order valence-electron chi connectivity index (χ1n) is 6.73. The number of ether oxygens (including phenoxy) is 1. The van der Waals surface area contributed by atoms with Crippen LogP contribution < -0.4 is 5.32 Å². The summed E-state index contributed by atoms with van der Waals surface area (Å²) in [6, 6.07) is 14.2. The maximum atomic E-state index is 12.2. The zero-order chi connectivity index (χ0) is 15.2. The van der Waals surface area contributed by atoms with E-state index in [1.165, 1.54) is 7.11 Å². The average Bonchev–Trinajstić information content (AvgIpc) is 2.55. The van der Waals surface area contributed by atoms with E-state index in [-0.39, 0.29) is 5.91 Å². The molecule has 21 heavy (non-hydrogen) atoms. The van der Waals surface area contributed by atoms with Gasteiger partial charge >= 0.3 is 5.97 Å². The van der Waals surface area contributed by atoms with E-state index in [2.05, 4.69) is 5.32 Å². The fourth-order valence-electron chi connectivity index (χ4n) is 1.98. The highest BCUT2D eigenvalue weighted by molar-refractivity contribution is 6.08. The van der Waals surface area contributed by atoms with Crippen LogP contribution in [0.25, 0.3) is 0 Å². The monoisotopic (exact) mass is 283 g/mol. The minimum absolute atomic E-state index is 0.259. The van der Waals surface area contributed by atoms with Crippen molar-refractivity contribution in [1.29, 1.82) is 0 Å². The van der Waals surface area contributed by atoms with Crippen molar-refractivity contribution in [3.63, 3.8) is 0 Å². The standard InChI is InChI=1S/C17H17NO3/c1-3-12-9-10-15(14(11-12)17(20)21-2)18-16(19)13-7-5-4-6-8-13/h4-11H,3H2,1-2H3,(H,18,19). The Bertz CT molecular complexity index is 650. The maximum Gasteiger partial charge on any atom is 0.339 e. The number of hydrogen-bond donors (Lipinski definition) is 1. The fraction of sp³-hybridized carbons (Fsp3) is 0.176. The molecule has 2 aromatic carbocycles. The molecule has 0 unspecified atom stereocenters. The summed E-state index contributed by atoms with van der Waals surface area (Å²) in [5, 5.41) is 2.75. The molecule has 1 amide bonds. The number of benzene rings is 2. The molecule has 0 fully saturated rings. The smallest absolute Gasteiger partial charge is 0.339 e. The Balaban J connectivity index is 2.31. The van der Waals surface area contributed by atoms with Gasteiger partial charge in [0.2, 0.25) is 0 Å². The van der Waals surface area contributed by atoms with Crippen LogP contribution in [0, 0.1) is 0 Å². The molecule has 1 N–H and O–H groups in total. The van der Waals surface area contributed by atoms with Crippen LogP contribution in [-0.4, -0.2) is 19.0 Å². The molecule has 0 aromatic heterocycles. The van der Waals surface area contributed by atoms with Crippen molar-refractivity contribution in [2.75, 3.05) is 12.4 Å². The number of hydrogen-bond acceptors (Lipinski definition) is 3. The van der Waals surface area contributed by atoms with Gasteiger partial charge < -0.3 is 10.1 Å². The van der Waals surface area contributed by atoms with Crippen LogP contribution in [0.15, 0.2) is 48.5 Å². The van der Waals surface area contributed by atoms with E-state index in [9.17, 15) is 9.59 Å². The summed E-state index contributed by atoms with van der Waals surface area (Å²) in [6.07, 6.45) is 0.802. The molecule has 0 aliphatic carbocycles. The van der Waals surface area contributed by atoms with Crippen molar-refractivity contribution in [2.45, 2.75) is 13.3 Å². The van der Waals surface area contributed by atoms with Gasteiger partial charge in [0.1, 0.15) is 0 Å². The second-order valence-corrected chi connectivity index (χ2v) is 4.55. The molecule has 108 valence electrons. The molecule has 0 bridgehead atoms. The van der Waals surface area contributed by atoms with Crippen LogP contribution >= 0.6 is 0 Å². The quantitative estimate of drug-likeness (QED) is 0.876. The van der Waals surface area contributed by atoms with E-state index in [1.807, 2.05) is 19.1 Å². The Morgan fingerprint density at radius 2 is 1.81 bits per heavy atom. The lowest BCUT2D eigenvalue weighted by Gasteiger charge is -2.11. The highest BCUT2D eigenvalue weighted by atomic mass is 16.5. The predicted octanol–water partition coefficient (Wildman–Crippen LogP) is 3.29. The molecule has 2 aromatic rings. The molecule has 2 rings (SSSR count). The van der Waals surface area contributed by atoms with E-state index >= 15 is 0 Å². The molecule has 0 saturated carbocycles. The Labute approximate surface area is 123 Å². The second-order valence-electron chi connectivity index (χ2n) is 4.55. The van der Waals surface area contributed by atoms with Gasteiger partial charge in [-0.25, -0.2) is 4.79 Å². The van der Waals surface area contributed by atoms with Crippen molar-refractivity contribution < 1.29 is 14.3 Å². The van der Waals surface area contributed by atoms with Crippen molar-refractivity contribution in [3.05, 3.63) is 65.2 Å². The summed E-state index contributed by atoms with van der Waals surface area (Å²) >= 11 is 0. The zero-order valence-electron chi connectivity index (χ0n) is 12.1. The van der Waals surface area contributed by atoms with Gasteiger partial charge in [0.05, 0.1) is 18.4 Å². The number of nitrogens with one attached hydrogen (secondary N) is 1. The Morgan fingerprint density at radius 1 is 1.10 bits per heavy atom. The SMILES string of the molecule is CCc1ccc(NC(=O)c2ccccc2)c(C(=O)OC)c1. The Morgan fingerprint density at radius 3 is 2.43 bits per heavy atom. The summed E-state index contributed by atoms with van der Waals surface area (Å²) in [5.41, 5.74) is 2.36. The Hall–Kier alpha value is -2.62. The molecule has 0 atom stereocenters. The van der Waals surface area contributed by atoms with Gasteiger partial charge in [-0.2, -0.15) is 0 Å². The molecule has 0 saturated heterocycles. The fourth-order valence-corrected chi connectivity index (χ4v) is 1.98. The first-order chi connectivity index (χ1) is 10.2. The highest BCUT2D eigenvalue weighted by Gasteiger charge is 2.15. The molecular formula is C17H17NO3. The van der Waals surface area contributed by atoms with E-state index in [1.54, 1.807) is 36.4 Å². The lowest BCUT2D eigenvalue weighted by Crippen LogP contribution is -2.15. The minimum Gasteiger partial charge on any atom is -0.465 e. The van der Waals surface area contributed by atoms with E-state index in [4.69, 9.17) is 4.74 Å². The van der Waals surface area contributed by atoms with Crippen LogP contribution in [0.3, 0.4) is 0 Å². The minimum atomic E-state index is -0.464. The van der Waals surface area contributed by atoms with Gasteiger partial charge in [-0.15, -0.1) is 0 Å². The number of methoxy groups -OCH3 is 1. The topological polar surface area (TPSA) is 55.4 Å². The van der Waals surface area contributed by atoms with Crippen LogP contribution in [0.5, 0.6) is 0 Å². The van der Waals surface area contributed by atoms with Crippen molar-refractivity contribution in [2.24, 2.45) is 0 Å². The summed E-state index contributed by atoms with van der Waals surface area (Å²) < 4.78 is 4.77. The summed E-state index contributed by atoms with van der Waals surface area (Å²) in [6.45, 7) is 2.00. The van der Waals surface area contributed by atoms with Gasteiger partial charge in [0.15, 0.2) is 0 Å². The first-order valence-corrected chi connectivity index (χ1v) is 6.73. The summed E-state index contributed by atoms with van der Waals surface area (Å²) in [5.74, 6) is -0.723. The molecular weight excluding hydrogens is 266 g/mol. The van der Waals surface area contributed by atoms with Crippen LogP contribution in [0.2, 0.25) is 0 Å². The third-order valence-corrected chi connectivity index (χ3v) is 3.18. The molecule has 4 heteroatoms. The predicted molar refractivity (Wildman–Crippen MR) is 81.6 cm³/mol. The molecule has 0 aliphatic heterocycles. The third-order valence-electron chi connectivity index (χ3n) is 3.18.